The highest BCUT2D eigenvalue weighted by Gasteiger charge is 2.25. The van der Waals surface area contributed by atoms with Crippen molar-refractivity contribution in [3.8, 4) is 0 Å². The van der Waals surface area contributed by atoms with E-state index in [0.717, 1.165) is 23.8 Å². The molecule has 0 aliphatic heterocycles. The second kappa shape index (κ2) is 5.31. The highest BCUT2D eigenvalue weighted by atomic mass is 32.1. The minimum absolute atomic E-state index is 0.282. The topological polar surface area (TPSA) is 55.1 Å². The first-order chi connectivity index (χ1) is 9.25. The van der Waals surface area contributed by atoms with E-state index in [1.807, 2.05) is 12.1 Å². The fourth-order valence-corrected chi connectivity index (χ4v) is 3.86. The summed E-state index contributed by atoms with van der Waals surface area (Å²) in [7, 11) is 0. The molecule has 1 aromatic heterocycles. The fourth-order valence-electron chi connectivity index (χ4n) is 2.88. The van der Waals surface area contributed by atoms with Crippen molar-refractivity contribution in [2.75, 3.05) is 0 Å². The molecule has 3 nitrogen and oxygen atoms in total. The normalized spacial score (nSPS) is 17.9. The van der Waals surface area contributed by atoms with Crippen LogP contribution in [-0.4, -0.2) is 11.9 Å². The number of amides is 1. The third-order valence-electron chi connectivity index (χ3n) is 3.86. The Morgan fingerprint density at radius 3 is 2.79 bits per heavy atom. The van der Waals surface area contributed by atoms with Crippen LogP contribution in [0.15, 0.2) is 29.6 Å². The summed E-state index contributed by atoms with van der Waals surface area (Å²) in [4.78, 5) is 11.8. The van der Waals surface area contributed by atoms with Crippen molar-refractivity contribution in [2.24, 2.45) is 5.73 Å². The van der Waals surface area contributed by atoms with E-state index in [0.29, 0.717) is 6.04 Å². The summed E-state index contributed by atoms with van der Waals surface area (Å²) < 4.78 is 1.21. The highest BCUT2D eigenvalue weighted by Crippen LogP contribution is 2.31. The summed E-state index contributed by atoms with van der Waals surface area (Å²) >= 11 is 1.67. The van der Waals surface area contributed by atoms with E-state index in [9.17, 15) is 4.79 Å². The molecule has 1 aliphatic carbocycles. The Labute approximate surface area is 116 Å². The van der Waals surface area contributed by atoms with Gasteiger partial charge in [0, 0.05) is 10.7 Å². The van der Waals surface area contributed by atoms with Gasteiger partial charge >= 0.3 is 0 Å². The van der Waals surface area contributed by atoms with Gasteiger partial charge in [-0.05, 0) is 35.2 Å². The Hall–Kier alpha value is -1.39. The first-order valence-corrected chi connectivity index (χ1v) is 7.65. The van der Waals surface area contributed by atoms with E-state index >= 15 is 0 Å². The Balaban J connectivity index is 1.92. The first kappa shape index (κ1) is 12.6. The molecule has 0 saturated heterocycles. The zero-order valence-electron chi connectivity index (χ0n) is 10.8. The van der Waals surface area contributed by atoms with Crippen LogP contribution in [0.2, 0.25) is 0 Å². The van der Waals surface area contributed by atoms with E-state index < -0.39 is 0 Å². The molecule has 2 aromatic rings. The summed E-state index contributed by atoms with van der Waals surface area (Å²) in [5.74, 6) is -0.282. The van der Waals surface area contributed by atoms with Crippen molar-refractivity contribution < 1.29 is 4.79 Å². The average molecular weight is 274 g/mol. The third kappa shape index (κ3) is 2.51. The van der Waals surface area contributed by atoms with E-state index in [2.05, 4.69) is 22.8 Å². The largest absolute Gasteiger partial charge is 0.368 e. The molecule has 1 heterocycles. The lowest BCUT2D eigenvalue weighted by Gasteiger charge is -2.20. The van der Waals surface area contributed by atoms with E-state index in [1.165, 1.54) is 17.5 Å². The Morgan fingerprint density at radius 2 is 2.05 bits per heavy atom. The summed E-state index contributed by atoms with van der Waals surface area (Å²) in [6.45, 7) is 0. The van der Waals surface area contributed by atoms with Crippen molar-refractivity contribution in [3.63, 3.8) is 0 Å². The maximum absolute atomic E-state index is 11.8. The van der Waals surface area contributed by atoms with Crippen LogP contribution in [0, 0.1) is 0 Å². The minimum Gasteiger partial charge on any atom is -0.368 e. The van der Waals surface area contributed by atoms with Gasteiger partial charge in [-0.25, -0.2) is 0 Å². The van der Waals surface area contributed by atoms with Crippen LogP contribution in [0.1, 0.15) is 37.3 Å². The number of nitrogens with one attached hydrogen (secondary N) is 1. The fraction of sp³-hybridized carbons (Fsp3) is 0.400. The van der Waals surface area contributed by atoms with Gasteiger partial charge in [0.25, 0.3) is 0 Å². The number of carbonyl (C=O) groups excluding carboxylic acids is 1. The van der Waals surface area contributed by atoms with Crippen LogP contribution in [-0.2, 0) is 4.79 Å². The molecule has 1 fully saturated rings. The summed E-state index contributed by atoms with van der Waals surface area (Å²) in [6.07, 6.45) is 4.78. The third-order valence-corrected chi connectivity index (χ3v) is 4.85. The smallest absolute Gasteiger partial charge is 0.239 e. The number of nitrogens with two attached hydrogens (primary N) is 1. The standard InChI is InChI=1S/C15H18N2OS/c16-15(18)14(17-10-5-1-2-6-10)12-9-19-13-8-4-3-7-11(12)13/h3-4,7-10,14,17H,1-2,5-6H2,(H2,16,18). The monoisotopic (exact) mass is 274 g/mol. The lowest BCUT2D eigenvalue weighted by Crippen LogP contribution is -2.38. The van der Waals surface area contributed by atoms with Gasteiger partial charge in [0.2, 0.25) is 5.91 Å². The maximum Gasteiger partial charge on any atom is 0.239 e. The zero-order valence-corrected chi connectivity index (χ0v) is 11.6. The van der Waals surface area contributed by atoms with Crippen molar-refractivity contribution >= 4 is 27.3 Å². The lowest BCUT2D eigenvalue weighted by atomic mass is 10.0. The maximum atomic E-state index is 11.8. The predicted molar refractivity (Wildman–Crippen MR) is 79.2 cm³/mol. The van der Waals surface area contributed by atoms with Crippen molar-refractivity contribution in [2.45, 2.75) is 37.8 Å². The van der Waals surface area contributed by atoms with Crippen molar-refractivity contribution in [1.29, 1.82) is 0 Å². The Bertz CT molecular complexity index is 587. The van der Waals surface area contributed by atoms with Gasteiger partial charge in [0.1, 0.15) is 6.04 Å². The van der Waals surface area contributed by atoms with Gasteiger partial charge < -0.3 is 5.73 Å². The second-order valence-electron chi connectivity index (χ2n) is 5.17. The number of benzene rings is 1. The molecule has 4 heteroatoms. The van der Waals surface area contributed by atoms with E-state index in [-0.39, 0.29) is 11.9 Å². The van der Waals surface area contributed by atoms with Crippen LogP contribution < -0.4 is 11.1 Å². The molecule has 3 rings (SSSR count). The SMILES string of the molecule is NC(=O)C(NC1CCCC1)c1csc2ccccc12. The first-order valence-electron chi connectivity index (χ1n) is 6.77. The van der Waals surface area contributed by atoms with Crippen LogP contribution in [0.5, 0.6) is 0 Å². The number of rotatable bonds is 4. The molecule has 1 atom stereocenters. The van der Waals surface area contributed by atoms with E-state index in [1.54, 1.807) is 11.3 Å². The predicted octanol–water partition coefficient (Wildman–Crippen LogP) is 2.96. The van der Waals surface area contributed by atoms with Gasteiger partial charge in [-0.1, -0.05) is 31.0 Å². The zero-order chi connectivity index (χ0) is 13.2. The molecule has 1 saturated carbocycles. The van der Waals surface area contributed by atoms with Crippen molar-refractivity contribution in [1.82, 2.24) is 5.32 Å². The second-order valence-corrected chi connectivity index (χ2v) is 6.08. The lowest BCUT2D eigenvalue weighted by molar-refractivity contribution is -0.120. The molecular formula is C15H18N2OS. The van der Waals surface area contributed by atoms with E-state index in [4.69, 9.17) is 5.73 Å². The number of hydrogen-bond acceptors (Lipinski definition) is 3. The van der Waals surface area contributed by atoms with Crippen LogP contribution in [0.4, 0.5) is 0 Å². The molecule has 100 valence electrons. The number of primary amides is 1. The molecule has 3 N–H and O–H groups in total. The minimum atomic E-state index is -0.362. The number of thiophene rings is 1. The van der Waals surface area contributed by atoms with Crippen LogP contribution in [0.3, 0.4) is 0 Å². The Kier molecular flexibility index (Phi) is 3.53. The molecule has 0 bridgehead atoms. The molecule has 1 unspecified atom stereocenters. The molecule has 0 spiro atoms. The quantitative estimate of drug-likeness (QED) is 0.900. The molecular weight excluding hydrogens is 256 g/mol. The molecule has 1 aliphatic rings. The van der Waals surface area contributed by atoms with Gasteiger partial charge in [-0.2, -0.15) is 0 Å². The molecule has 1 aromatic carbocycles. The van der Waals surface area contributed by atoms with Crippen molar-refractivity contribution in [3.05, 3.63) is 35.2 Å². The highest BCUT2D eigenvalue weighted by molar-refractivity contribution is 7.17. The average Bonchev–Trinajstić information content (AvgIpc) is 3.05. The molecule has 1 amide bonds. The number of fused-ring (bicyclic) bond motifs is 1. The summed E-state index contributed by atoms with van der Waals surface area (Å²) in [6, 6.07) is 8.23. The van der Waals surface area contributed by atoms with Crippen LogP contribution in [0.25, 0.3) is 10.1 Å². The van der Waals surface area contributed by atoms with Gasteiger partial charge in [-0.3, -0.25) is 10.1 Å². The van der Waals surface area contributed by atoms with Crippen LogP contribution >= 0.6 is 11.3 Å². The molecule has 0 radical (unpaired) electrons. The van der Waals surface area contributed by atoms with Gasteiger partial charge in [0.15, 0.2) is 0 Å². The summed E-state index contributed by atoms with van der Waals surface area (Å²) in [5.41, 5.74) is 6.63. The number of carbonyl (C=O) groups is 1. The number of hydrogen-bond donors (Lipinski definition) is 2. The van der Waals surface area contributed by atoms with Gasteiger partial charge in [-0.15, -0.1) is 11.3 Å². The Morgan fingerprint density at radius 1 is 1.32 bits per heavy atom. The molecule has 19 heavy (non-hydrogen) atoms. The van der Waals surface area contributed by atoms with Gasteiger partial charge in [0.05, 0.1) is 0 Å². The summed E-state index contributed by atoms with van der Waals surface area (Å²) in [5, 5.41) is 6.64.